The van der Waals surface area contributed by atoms with E-state index in [2.05, 4.69) is 84.7 Å². The van der Waals surface area contributed by atoms with E-state index in [1.807, 2.05) is 30.6 Å². The third-order valence-electron chi connectivity index (χ3n) is 6.92. The molecule has 1 aliphatic rings. The van der Waals surface area contributed by atoms with Gasteiger partial charge in [0.25, 0.3) is 0 Å². The summed E-state index contributed by atoms with van der Waals surface area (Å²) in [6, 6.07) is 16.9. The van der Waals surface area contributed by atoms with Crippen LogP contribution in [0, 0.1) is 34.6 Å². The Morgan fingerprint density at radius 1 is 0.943 bits per heavy atom. The summed E-state index contributed by atoms with van der Waals surface area (Å²) in [4.78, 5) is 11.3. The highest BCUT2D eigenvalue weighted by Gasteiger charge is 2.41. The van der Waals surface area contributed by atoms with E-state index in [4.69, 9.17) is 17.2 Å². The SMILES string of the molecule is Cc1cc(C)c(-n2c(C)cc(C3C(c4ccccn4)NC(=S)N3Cc3cccnc3)c2C)c(C)c1. The van der Waals surface area contributed by atoms with Crippen molar-refractivity contribution in [2.75, 3.05) is 0 Å². The number of benzene rings is 1. The predicted molar refractivity (Wildman–Crippen MR) is 145 cm³/mol. The number of aryl methyl sites for hydroxylation is 4. The summed E-state index contributed by atoms with van der Waals surface area (Å²) in [5.74, 6) is 0. The molecule has 0 aliphatic carbocycles. The van der Waals surface area contributed by atoms with Crippen molar-refractivity contribution in [2.24, 2.45) is 0 Å². The van der Waals surface area contributed by atoms with Crippen LogP contribution < -0.4 is 5.32 Å². The summed E-state index contributed by atoms with van der Waals surface area (Å²) in [5, 5.41) is 4.32. The molecule has 0 radical (unpaired) electrons. The van der Waals surface area contributed by atoms with Gasteiger partial charge in [0.05, 0.1) is 23.5 Å². The molecule has 3 aromatic heterocycles. The Hall–Kier alpha value is -3.51. The normalized spacial score (nSPS) is 17.6. The zero-order valence-electron chi connectivity index (χ0n) is 20.9. The van der Waals surface area contributed by atoms with Crippen molar-refractivity contribution in [3.63, 3.8) is 0 Å². The van der Waals surface area contributed by atoms with Gasteiger partial charge in [0, 0.05) is 36.5 Å². The van der Waals surface area contributed by atoms with Gasteiger partial charge in [-0.15, -0.1) is 0 Å². The molecule has 0 amide bonds. The lowest BCUT2D eigenvalue weighted by molar-refractivity contribution is 0.310. The molecule has 1 aromatic carbocycles. The van der Waals surface area contributed by atoms with Gasteiger partial charge in [-0.3, -0.25) is 9.97 Å². The molecular formula is C29H31N5S. The van der Waals surface area contributed by atoms with E-state index in [0.717, 1.165) is 16.4 Å². The Morgan fingerprint density at radius 2 is 1.71 bits per heavy atom. The standard InChI is InChI=1S/C29H31N5S/c1-18-13-19(2)27(20(3)14-18)34-21(4)15-24(22(34)5)28-26(25-10-6-7-12-31-25)32-29(35)33(28)17-23-9-8-11-30-16-23/h6-16,26,28H,17H2,1-5H3,(H,32,35). The molecule has 2 unspecified atom stereocenters. The smallest absolute Gasteiger partial charge is 0.170 e. The molecule has 6 heteroatoms. The first kappa shape index (κ1) is 23.2. The molecule has 2 atom stereocenters. The molecule has 1 saturated heterocycles. The molecule has 1 fully saturated rings. The Morgan fingerprint density at radius 3 is 2.37 bits per heavy atom. The maximum atomic E-state index is 5.89. The van der Waals surface area contributed by atoms with Crippen LogP contribution in [0.3, 0.4) is 0 Å². The average Bonchev–Trinajstić information content (AvgIpc) is 3.30. The second-order valence-electron chi connectivity index (χ2n) is 9.52. The van der Waals surface area contributed by atoms with Crippen LogP contribution in [0.2, 0.25) is 0 Å². The van der Waals surface area contributed by atoms with Crippen molar-refractivity contribution < 1.29 is 0 Å². The summed E-state index contributed by atoms with van der Waals surface area (Å²) in [6.07, 6.45) is 5.57. The lowest BCUT2D eigenvalue weighted by Gasteiger charge is -2.28. The lowest BCUT2D eigenvalue weighted by Crippen LogP contribution is -2.29. The van der Waals surface area contributed by atoms with Crippen molar-refractivity contribution >= 4 is 17.3 Å². The van der Waals surface area contributed by atoms with Gasteiger partial charge in [0.2, 0.25) is 0 Å². The van der Waals surface area contributed by atoms with E-state index in [1.54, 1.807) is 6.20 Å². The van der Waals surface area contributed by atoms with Gasteiger partial charge in [-0.2, -0.15) is 0 Å². The Balaban J connectivity index is 1.65. The fraction of sp³-hybridized carbons (Fsp3) is 0.276. The molecule has 1 N–H and O–H groups in total. The van der Waals surface area contributed by atoms with Crippen molar-refractivity contribution in [1.29, 1.82) is 0 Å². The minimum Gasteiger partial charge on any atom is -0.352 e. The molecule has 178 valence electrons. The van der Waals surface area contributed by atoms with Crippen molar-refractivity contribution in [1.82, 2.24) is 24.8 Å². The molecule has 5 nitrogen and oxygen atoms in total. The van der Waals surface area contributed by atoms with Crippen LogP contribution in [0.15, 0.2) is 67.1 Å². The Kier molecular flexibility index (Phi) is 6.15. The highest BCUT2D eigenvalue weighted by Crippen LogP contribution is 2.42. The molecule has 0 spiro atoms. The second-order valence-corrected chi connectivity index (χ2v) is 9.91. The summed E-state index contributed by atoms with van der Waals surface area (Å²) in [5.41, 5.74) is 10.9. The summed E-state index contributed by atoms with van der Waals surface area (Å²) in [7, 11) is 0. The van der Waals surface area contributed by atoms with E-state index < -0.39 is 0 Å². The van der Waals surface area contributed by atoms with Crippen molar-refractivity contribution in [2.45, 2.75) is 53.2 Å². The van der Waals surface area contributed by atoms with Gasteiger partial charge in [0.1, 0.15) is 0 Å². The van der Waals surface area contributed by atoms with Crippen LogP contribution >= 0.6 is 12.2 Å². The number of nitrogens with zero attached hydrogens (tertiary/aromatic N) is 4. The Bertz CT molecular complexity index is 1350. The highest BCUT2D eigenvalue weighted by molar-refractivity contribution is 7.80. The number of nitrogens with one attached hydrogen (secondary N) is 1. The van der Waals surface area contributed by atoms with Crippen molar-refractivity contribution in [3.05, 3.63) is 112 Å². The van der Waals surface area contributed by atoms with Crippen LogP contribution in [0.1, 0.15) is 57.0 Å². The van der Waals surface area contributed by atoms with Crippen LogP contribution in [-0.2, 0) is 6.54 Å². The molecule has 1 aliphatic heterocycles. The van der Waals surface area contributed by atoms with Gasteiger partial charge >= 0.3 is 0 Å². The van der Waals surface area contributed by atoms with E-state index in [-0.39, 0.29) is 12.1 Å². The van der Waals surface area contributed by atoms with E-state index in [0.29, 0.717) is 6.54 Å². The number of hydrogen-bond donors (Lipinski definition) is 1. The summed E-state index contributed by atoms with van der Waals surface area (Å²) < 4.78 is 2.40. The first-order chi connectivity index (χ1) is 16.8. The molecule has 4 heterocycles. The van der Waals surface area contributed by atoms with E-state index >= 15 is 0 Å². The zero-order valence-corrected chi connectivity index (χ0v) is 21.7. The van der Waals surface area contributed by atoms with Gasteiger partial charge in [-0.1, -0.05) is 29.8 Å². The van der Waals surface area contributed by atoms with E-state index in [1.165, 1.54) is 39.3 Å². The first-order valence-electron chi connectivity index (χ1n) is 12.0. The molecule has 0 bridgehead atoms. The first-order valence-corrected chi connectivity index (χ1v) is 12.4. The molecule has 0 saturated carbocycles. The molecule has 35 heavy (non-hydrogen) atoms. The number of rotatable bonds is 5. The number of thiocarbonyl (C=S) groups is 1. The lowest BCUT2D eigenvalue weighted by atomic mass is 9.96. The number of pyridine rings is 2. The molecule has 5 rings (SSSR count). The quantitative estimate of drug-likeness (QED) is 0.355. The fourth-order valence-corrected chi connectivity index (χ4v) is 5.86. The van der Waals surface area contributed by atoms with Crippen LogP contribution in [-0.4, -0.2) is 24.5 Å². The minimum absolute atomic E-state index is 0.00335. The maximum absolute atomic E-state index is 5.89. The summed E-state index contributed by atoms with van der Waals surface area (Å²) in [6.45, 7) is 11.7. The third-order valence-corrected chi connectivity index (χ3v) is 7.27. The monoisotopic (exact) mass is 481 g/mol. The highest BCUT2D eigenvalue weighted by atomic mass is 32.1. The maximum Gasteiger partial charge on any atom is 0.170 e. The second kappa shape index (κ2) is 9.27. The van der Waals surface area contributed by atoms with Crippen LogP contribution in [0.4, 0.5) is 0 Å². The molecule has 4 aromatic rings. The Labute approximate surface area is 212 Å². The molecular weight excluding hydrogens is 450 g/mol. The number of aromatic nitrogens is 3. The van der Waals surface area contributed by atoms with Crippen molar-refractivity contribution in [3.8, 4) is 5.69 Å². The van der Waals surface area contributed by atoms with Gasteiger partial charge in [0.15, 0.2) is 5.11 Å². The van der Waals surface area contributed by atoms with Gasteiger partial charge in [-0.05, 0) is 93.4 Å². The number of hydrogen-bond acceptors (Lipinski definition) is 3. The fourth-order valence-electron chi connectivity index (χ4n) is 5.56. The van der Waals surface area contributed by atoms with Gasteiger partial charge < -0.3 is 14.8 Å². The van der Waals surface area contributed by atoms with Crippen LogP contribution in [0.25, 0.3) is 5.69 Å². The van der Waals surface area contributed by atoms with Gasteiger partial charge in [-0.25, -0.2) is 0 Å². The van der Waals surface area contributed by atoms with E-state index in [9.17, 15) is 0 Å². The zero-order chi connectivity index (χ0) is 24.7. The predicted octanol–water partition coefficient (Wildman–Crippen LogP) is 5.98. The van der Waals surface area contributed by atoms with Crippen LogP contribution in [0.5, 0.6) is 0 Å². The summed E-state index contributed by atoms with van der Waals surface area (Å²) >= 11 is 5.89. The average molecular weight is 482 g/mol. The largest absolute Gasteiger partial charge is 0.352 e. The third kappa shape index (κ3) is 4.23. The topological polar surface area (TPSA) is 46.0 Å². The minimum atomic E-state index is -0.0467.